The van der Waals surface area contributed by atoms with Crippen molar-refractivity contribution < 1.29 is 9.53 Å². The van der Waals surface area contributed by atoms with E-state index in [0.29, 0.717) is 17.8 Å². The van der Waals surface area contributed by atoms with Crippen LogP contribution >= 0.6 is 0 Å². The minimum atomic E-state index is 0.00199. The minimum absolute atomic E-state index is 0.00199. The Morgan fingerprint density at radius 2 is 1.95 bits per heavy atom. The van der Waals surface area contributed by atoms with E-state index < -0.39 is 0 Å². The first-order valence-corrected chi connectivity index (χ1v) is 7.50. The third kappa shape index (κ3) is 2.74. The van der Waals surface area contributed by atoms with Gasteiger partial charge in [-0.3, -0.25) is 4.79 Å². The lowest BCUT2D eigenvalue weighted by molar-refractivity contribution is 0.0109. The van der Waals surface area contributed by atoms with Crippen LogP contribution in [0.5, 0.6) is 0 Å². The highest BCUT2D eigenvalue weighted by atomic mass is 16.5. The van der Waals surface area contributed by atoms with E-state index in [1.807, 2.05) is 29.2 Å². The average molecular weight is 300 g/mol. The van der Waals surface area contributed by atoms with Crippen molar-refractivity contribution in [2.75, 3.05) is 13.7 Å². The van der Waals surface area contributed by atoms with Crippen molar-refractivity contribution >= 4 is 5.91 Å². The molecule has 0 aliphatic carbocycles. The third-order valence-corrected chi connectivity index (χ3v) is 4.20. The van der Waals surface area contributed by atoms with E-state index in [4.69, 9.17) is 4.74 Å². The Kier molecular flexibility index (Phi) is 4.20. The number of aromatic nitrogens is 3. The number of carbonyl (C=O) groups excluding carboxylic acids is 1. The molecule has 1 aromatic heterocycles. The molecular formula is C16H20N4O2. The molecule has 1 saturated heterocycles. The molecule has 22 heavy (non-hydrogen) atoms. The fourth-order valence-corrected chi connectivity index (χ4v) is 2.87. The monoisotopic (exact) mass is 300 g/mol. The fraction of sp³-hybridized carbons (Fsp3) is 0.438. The zero-order chi connectivity index (χ0) is 15.5. The van der Waals surface area contributed by atoms with Crippen molar-refractivity contribution in [2.24, 2.45) is 0 Å². The Balaban J connectivity index is 1.92. The van der Waals surface area contributed by atoms with Crippen LogP contribution in [-0.4, -0.2) is 51.6 Å². The molecule has 2 aromatic rings. The Hall–Kier alpha value is -2.21. The van der Waals surface area contributed by atoms with Gasteiger partial charge in [0.2, 0.25) is 0 Å². The summed E-state index contributed by atoms with van der Waals surface area (Å²) >= 11 is 0. The first kappa shape index (κ1) is 14.7. The van der Waals surface area contributed by atoms with E-state index in [2.05, 4.69) is 17.1 Å². The van der Waals surface area contributed by atoms with Gasteiger partial charge in [0.1, 0.15) is 0 Å². The maximum Gasteiger partial charge on any atom is 0.256 e. The summed E-state index contributed by atoms with van der Waals surface area (Å²) in [5.41, 5.74) is 1.31. The van der Waals surface area contributed by atoms with Crippen LogP contribution in [0.3, 0.4) is 0 Å². The number of likely N-dealkylation sites (tertiary alicyclic amines) is 1. The number of rotatable bonds is 3. The summed E-state index contributed by atoms with van der Waals surface area (Å²) in [5, 5.41) is 8.27. The SMILES string of the molecule is CO[C@H]1CC[C@@H](C)N(C(=O)c2ccccc2-n2nccn2)C1. The normalized spacial score (nSPS) is 21.8. The molecule has 1 aromatic carbocycles. The van der Waals surface area contributed by atoms with Crippen molar-refractivity contribution in [2.45, 2.75) is 31.9 Å². The number of carbonyl (C=O) groups is 1. The van der Waals surface area contributed by atoms with Crippen LogP contribution in [0.15, 0.2) is 36.7 Å². The molecule has 0 unspecified atom stereocenters. The molecule has 1 fully saturated rings. The number of methoxy groups -OCH3 is 1. The molecule has 1 aliphatic rings. The molecule has 116 valence electrons. The van der Waals surface area contributed by atoms with Crippen LogP contribution in [-0.2, 0) is 4.74 Å². The van der Waals surface area contributed by atoms with Gasteiger partial charge < -0.3 is 9.64 Å². The number of amides is 1. The zero-order valence-corrected chi connectivity index (χ0v) is 12.8. The number of nitrogens with zero attached hydrogens (tertiary/aromatic N) is 4. The summed E-state index contributed by atoms with van der Waals surface area (Å²) in [7, 11) is 1.70. The highest BCUT2D eigenvalue weighted by Gasteiger charge is 2.30. The molecule has 6 heteroatoms. The van der Waals surface area contributed by atoms with E-state index in [1.54, 1.807) is 19.5 Å². The minimum Gasteiger partial charge on any atom is -0.380 e. The maximum atomic E-state index is 13.0. The van der Waals surface area contributed by atoms with Crippen LogP contribution < -0.4 is 0 Å². The number of piperidine rings is 1. The van der Waals surface area contributed by atoms with E-state index >= 15 is 0 Å². The van der Waals surface area contributed by atoms with Crippen LogP contribution in [0.4, 0.5) is 0 Å². The standard InChI is InChI=1S/C16H20N4O2/c1-12-7-8-13(22-2)11-19(12)16(21)14-5-3-4-6-15(14)20-17-9-10-18-20/h3-6,9-10,12-13H,7-8,11H2,1-2H3/t12-,13+/m1/s1. The molecule has 3 rings (SSSR count). The Labute approximate surface area is 129 Å². The van der Waals surface area contributed by atoms with E-state index in [1.165, 1.54) is 4.80 Å². The number of hydrogen-bond donors (Lipinski definition) is 0. The summed E-state index contributed by atoms with van der Waals surface area (Å²) in [6.07, 6.45) is 5.25. The molecular weight excluding hydrogens is 280 g/mol. The van der Waals surface area contributed by atoms with Gasteiger partial charge in [-0.05, 0) is 31.9 Å². The first-order chi connectivity index (χ1) is 10.7. The molecule has 0 radical (unpaired) electrons. The summed E-state index contributed by atoms with van der Waals surface area (Å²) < 4.78 is 5.43. The van der Waals surface area contributed by atoms with E-state index in [0.717, 1.165) is 12.8 Å². The van der Waals surface area contributed by atoms with Crippen molar-refractivity contribution in [3.05, 3.63) is 42.2 Å². The summed E-state index contributed by atoms with van der Waals surface area (Å²) in [4.78, 5) is 16.4. The zero-order valence-electron chi connectivity index (χ0n) is 12.8. The molecule has 0 N–H and O–H groups in total. The molecule has 0 saturated carbocycles. The number of ether oxygens (including phenoxy) is 1. The lowest BCUT2D eigenvalue weighted by atomic mass is 9.99. The largest absolute Gasteiger partial charge is 0.380 e. The summed E-state index contributed by atoms with van der Waals surface area (Å²) in [5.74, 6) is 0.00199. The molecule has 1 amide bonds. The Bertz CT molecular complexity index is 641. The Morgan fingerprint density at radius 1 is 1.23 bits per heavy atom. The smallest absolute Gasteiger partial charge is 0.256 e. The van der Waals surface area contributed by atoms with Gasteiger partial charge in [-0.15, -0.1) is 0 Å². The first-order valence-electron chi connectivity index (χ1n) is 7.50. The average Bonchev–Trinajstić information content (AvgIpc) is 3.09. The van der Waals surface area contributed by atoms with Crippen LogP contribution in [0.2, 0.25) is 0 Å². The topological polar surface area (TPSA) is 60.2 Å². The summed E-state index contributed by atoms with van der Waals surface area (Å²) in [6.45, 7) is 2.70. The third-order valence-electron chi connectivity index (χ3n) is 4.20. The number of benzene rings is 1. The van der Waals surface area contributed by atoms with Crippen molar-refractivity contribution in [1.82, 2.24) is 19.9 Å². The molecule has 2 heterocycles. The van der Waals surface area contributed by atoms with E-state index in [9.17, 15) is 4.79 Å². The van der Waals surface area contributed by atoms with Crippen molar-refractivity contribution in [3.8, 4) is 5.69 Å². The van der Waals surface area contributed by atoms with Crippen LogP contribution in [0.25, 0.3) is 5.69 Å². The lowest BCUT2D eigenvalue weighted by Gasteiger charge is -2.37. The fourth-order valence-electron chi connectivity index (χ4n) is 2.87. The van der Waals surface area contributed by atoms with Crippen molar-refractivity contribution in [1.29, 1.82) is 0 Å². The van der Waals surface area contributed by atoms with Crippen molar-refractivity contribution in [3.63, 3.8) is 0 Å². The highest BCUT2D eigenvalue weighted by molar-refractivity contribution is 5.98. The quantitative estimate of drug-likeness (QED) is 0.868. The van der Waals surface area contributed by atoms with Crippen LogP contribution in [0, 0.1) is 0 Å². The second-order valence-electron chi connectivity index (χ2n) is 5.58. The van der Waals surface area contributed by atoms with E-state index in [-0.39, 0.29) is 18.1 Å². The number of para-hydroxylation sites is 1. The molecule has 2 atom stereocenters. The lowest BCUT2D eigenvalue weighted by Crippen LogP contribution is -2.48. The highest BCUT2D eigenvalue weighted by Crippen LogP contribution is 2.23. The number of hydrogen-bond acceptors (Lipinski definition) is 4. The molecule has 1 aliphatic heterocycles. The molecule has 0 bridgehead atoms. The molecule has 6 nitrogen and oxygen atoms in total. The van der Waals surface area contributed by atoms with Gasteiger partial charge in [0, 0.05) is 19.7 Å². The molecule has 0 spiro atoms. The summed E-state index contributed by atoms with van der Waals surface area (Å²) in [6, 6.07) is 7.63. The van der Waals surface area contributed by atoms with Crippen LogP contribution in [0.1, 0.15) is 30.1 Å². The second-order valence-corrected chi connectivity index (χ2v) is 5.58. The van der Waals surface area contributed by atoms with Gasteiger partial charge in [0.15, 0.2) is 0 Å². The van der Waals surface area contributed by atoms with Gasteiger partial charge in [-0.25, -0.2) is 0 Å². The van der Waals surface area contributed by atoms with Gasteiger partial charge in [-0.2, -0.15) is 15.0 Å². The van der Waals surface area contributed by atoms with Gasteiger partial charge in [0.05, 0.1) is 29.7 Å². The maximum absolute atomic E-state index is 13.0. The van der Waals surface area contributed by atoms with Gasteiger partial charge >= 0.3 is 0 Å². The Morgan fingerprint density at radius 3 is 2.68 bits per heavy atom. The predicted octanol–water partition coefficient (Wildman–Crippen LogP) is 1.91. The predicted molar refractivity (Wildman–Crippen MR) is 81.9 cm³/mol. The van der Waals surface area contributed by atoms with Gasteiger partial charge in [0.25, 0.3) is 5.91 Å². The van der Waals surface area contributed by atoms with Gasteiger partial charge in [-0.1, -0.05) is 12.1 Å². The second kappa shape index (κ2) is 6.27.